The summed E-state index contributed by atoms with van der Waals surface area (Å²) < 4.78 is 12.1. The summed E-state index contributed by atoms with van der Waals surface area (Å²) in [6.45, 7) is 3.01. The number of aliphatic hydroxyl groups excluding tert-OH is 1. The predicted molar refractivity (Wildman–Crippen MR) is 93.0 cm³/mol. The molecule has 0 saturated heterocycles. The van der Waals surface area contributed by atoms with Gasteiger partial charge in [0.25, 0.3) is 5.56 Å². The number of nitrogens with two attached hydrogens (primary N) is 2. The van der Waals surface area contributed by atoms with E-state index in [2.05, 4.69) is 15.0 Å². The standard InChI is InChI=1S/C15H24N6O5/c1-3-15(17,4-2)13(24)25-6-9(5-22)26-8-21-7-18-10-11(21)19-14(16)20-12(10)23/h7,9,22H,3-6,8,17H2,1-2H3,(H3,16,19,20,23). The Morgan fingerprint density at radius 2 is 2.15 bits per heavy atom. The summed E-state index contributed by atoms with van der Waals surface area (Å²) in [7, 11) is 0. The summed E-state index contributed by atoms with van der Waals surface area (Å²) in [6, 6.07) is 0. The Bertz CT molecular complexity index is 812. The predicted octanol–water partition coefficient (Wildman–Crippen LogP) is -0.902. The van der Waals surface area contributed by atoms with Crippen molar-refractivity contribution in [2.45, 2.75) is 45.1 Å². The lowest BCUT2D eigenvalue weighted by molar-refractivity contribution is -0.157. The first-order valence-corrected chi connectivity index (χ1v) is 8.23. The van der Waals surface area contributed by atoms with Gasteiger partial charge < -0.3 is 26.0 Å². The maximum Gasteiger partial charge on any atom is 0.326 e. The number of hydrogen-bond acceptors (Lipinski definition) is 9. The van der Waals surface area contributed by atoms with Crippen molar-refractivity contribution in [2.24, 2.45) is 5.73 Å². The highest BCUT2D eigenvalue weighted by atomic mass is 16.6. The number of imidazole rings is 1. The van der Waals surface area contributed by atoms with E-state index in [1.807, 2.05) is 0 Å². The zero-order chi connectivity index (χ0) is 19.3. The first kappa shape index (κ1) is 19.8. The van der Waals surface area contributed by atoms with Crippen LogP contribution in [0.15, 0.2) is 11.1 Å². The molecule has 0 saturated carbocycles. The number of fused-ring (bicyclic) bond motifs is 1. The van der Waals surface area contributed by atoms with E-state index >= 15 is 0 Å². The second kappa shape index (κ2) is 8.25. The lowest BCUT2D eigenvalue weighted by atomic mass is 9.95. The van der Waals surface area contributed by atoms with E-state index < -0.39 is 23.2 Å². The van der Waals surface area contributed by atoms with Crippen LogP contribution < -0.4 is 17.0 Å². The average Bonchev–Trinajstić information content (AvgIpc) is 3.04. The second-order valence-electron chi connectivity index (χ2n) is 5.90. The molecule has 0 amide bonds. The van der Waals surface area contributed by atoms with Gasteiger partial charge in [0.05, 0.1) is 12.9 Å². The molecule has 0 aliphatic heterocycles. The zero-order valence-electron chi connectivity index (χ0n) is 14.8. The number of aromatic nitrogens is 4. The van der Waals surface area contributed by atoms with Gasteiger partial charge in [-0.05, 0) is 12.8 Å². The number of carbonyl (C=O) groups is 1. The zero-order valence-corrected chi connectivity index (χ0v) is 14.8. The Hall–Kier alpha value is -2.50. The quantitative estimate of drug-likeness (QED) is 0.409. The van der Waals surface area contributed by atoms with Crippen LogP contribution in [0, 0.1) is 0 Å². The first-order valence-electron chi connectivity index (χ1n) is 8.23. The molecular weight excluding hydrogens is 344 g/mol. The fraction of sp³-hybridized carbons (Fsp3) is 0.600. The molecule has 0 aliphatic carbocycles. The first-order chi connectivity index (χ1) is 12.3. The fourth-order valence-corrected chi connectivity index (χ4v) is 2.26. The summed E-state index contributed by atoms with van der Waals surface area (Å²) in [5.74, 6) is -0.589. The highest BCUT2D eigenvalue weighted by Gasteiger charge is 2.32. The minimum atomic E-state index is -1.05. The third-order valence-corrected chi connectivity index (χ3v) is 4.21. The molecule has 11 heteroatoms. The van der Waals surface area contributed by atoms with E-state index in [1.165, 1.54) is 10.9 Å². The molecule has 0 radical (unpaired) electrons. The van der Waals surface area contributed by atoms with Gasteiger partial charge in [-0.15, -0.1) is 0 Å². The Labute approximate surface area is 149 Å². The van der Waals surface area contributed by atoms with Gasteiger partial charge in [0.1, 0.15) is 25.0 Å². The number of ether oxygens (including phenoxy) is 2. The van der Waals surface area contributed by atoms with Gasteiger partial charge in [0.15, 0.2) is 11.2 Å². The van der Waals surface area contributed by atoms with Crippen molar-refractivity contribution < 1.29 is 19.4 Å². The fourth-order valence-electron chi connectivity index (χ4n) is 2.26. The summed E-state index contributed by atoms with van der Waals surface area (Å²) in [6.07, 6.45) is 1.48. The molecule has 0 bridgehead atoms. The van der Waals surface area contributed by atoms with Crippen LogP contribution in [0.5, 0.6) is 0 Å². The number of nitrogen functional groups attached to an aromatic ring is 1. The maximum atomic E-state index is 12.1. The lowest BCUT2D eigenvalue weighted by Gasteiger charge is -2.25. The molecule has 2 rings (SSSR count). The molecule has 6 N–H and O–H groups in total. The SMILES string of the molecule is CCC(N)(CC)C(=O)OCC(CO)OCn1cnc2c(=O)[nH]c(N)nc21. The molecule has 0 aromatic carbocycles. The number of nitrogens with one attached hydrogen (secondary N) is 1. The molecule has 2 heterocycles. The number of nitrogens with zero attached hydrogens (tertiary/aromatic N) is 3. The van der Waals surface area contributed by atoms with Crippen molar-refractivity contribution in [1.82, 2.24) is 19.5 Å². The second-order valence-corrected chi connectivity index (χ2v) is 5.90. The van der Waals surface area contributed by atoms with Crippen LogP contribution >= 0.6 is 0 Å². The Morgan fingerprint density at radius 1 is 1.46 bits per heavy atom. The number of H-pyrrole nitrogens is 1. The summed E-state index contributed by atoms with van der Waals surface area (Å²) in [5.41, 5.74) is 10.3. The number of carbonyl (C=O) groups excluding carboxylic acids is 1. The van der Waals surface area contributed by atoms with E-state index in [4.69, 9.17) is 20.9 Å². The van der Waals surface area contributed by atoms with Crippen molar-refractivity contribution in [3.05, 3.63) is 16.7 Å². The molecule has 1 atom stereocenters. The number of aliphatic hydroxyl groups is 1. The van der Waals surface area contributed by atoms with E-state index in [0.29, 0.717) is 12.8 Å². The van der Waals surface area contributed by atoms with E-state index in [0.717, 1.165) is 0 Å². The highest BCUT2D eigenvalue weighted by molar-refractivity contribution is 5.80. The van der Waals surface area contributed by atoms with E-state index in [9.17, 15) is 14.7 Å². The van der Waals surface area contributed by atoms with Gasteiger partial charge in [0, 0.05) is 0 Å². The molecule has 1 unspecified atom stereocenters. The van der Waals surface area contributed by atoms with Crippen molar-refractivity contribution in [3.63, 3.8) is 0 Å². The molecule has 11 nitrogen and oxygen atoms in total. The molecular formula is C15H24N6O5. The van der Waals surface area contributed by atoms with Gasteiger partial charge in [-0.1, -0.05) is 13.8 Å². The Morgan fingerprint density at radius 3 is 2.77 bits per heavy atom. The maximum absolute atomic E-state index is 12.1. The molecule has 26 heavy (non-hydrogen) atoms. The van der Waals surface area contributed by atoms with Crippen LogP contribution in [0.1, 0.15) is 26.7 Å². The van der Waals surface area contributed by atoms with Crippen LogP contribution in [-0.2, 0) is 21.0 Å². The summed E-state index contributed by atoms with van der Waals surface area (Å²) >= 11 is 0. The van der Waals surface area contributed by atoms with Crippen LogP contribution in [0.3, 0.4) is 0 Å². The summed E-state index contributed by atoms with van der Waals surface area (Å²) in [5, 5.41) is 9.42. The Kier molecular flexibility index (Phi) is 6.29. The molecule has 0 fully saturated rings. The number of aromatic amines is 1. The monoisotopic (exact) mass is 368 g/mol. The molecule has 0 aliphatic rings. The number of hydrogen-bond donors (Lipinski definition) is 4. The van der Waals surface area contributed by atoms with Gasteiger partial charge >= 0.3 is 5.97 Å². The van der Waals surface area contributed by atoms with Crippen molar-refractivity contribution in [1.29, 1.82) is 0 Å². The van der Waals surface area contributed by atoms with Crippen molar-refractivity contribution in [3.8, 4) is 0 Å². The van der Waals surface area contributed by atoms with Gasteiger partial charge in [0.2, 0.25) is 5.95 Å². The lowest BCUT2D eigenvalue weighted by Crippen LogP contribution is -2.48. The van der Waals surface area contributed by atoms with Gasteiger partial charge in [-0.25, -0.2) is 4.98 Å². The number of rotatable bonds is 9. The van der Waals surface area contributed by atoms with Gasteiger partial charge in [-0.3, -0.25) is 19.1 Å². The Balaban J connectivity index is 1.99. The molecule has 2 aromatic rings. The van der Waals surface area contributed by atoms with Crippen molar-refractivity contribution in [2.75, 3.05) is 18.9 Å². The van der Waals surface area contributed by atoms with Crippen LogP contribution in [0.4, 0.5) is 5.95 Å². The summed E-state index contributed by atoms with van der Waals surface area (Å²) in [4.78, 5) is 34.1. The normalized spacial score (nSPS) is 13.1. The molecule has 2 aromatic heterocycles. The number of esters is 1. The van der Waals surface area contributed by atoms with Gasteiger partial charge in [-0.2, -0.15) is 4.98 Å². The van der Waals surface area contributed by atoms with Crippen LogP contribution in [-0.4, -0.2) is 55.5 Å². The van der Waals surface area contributed by atoms with Crippen LogP contribution in [0.25, 0.3) is 11.2 Å². The minimum absolute atomic E-state index is 0.0460. The van der Waals surface area contributed by atoms with E-state index in [-0.39, 0.29) is 37.1 Å². The van der Waals surface area contributed by atoms with Crippen LogP contribution in [0.2, 0.25) is 0 Å². The minimum Gasteiger partial charge on any atom is -0.461 e. The smallest absolute Gasteiger partial charge is 0.326 e. The largest absolute Gasteiger partial charge is 0.461 e. The third-order valence-electron chi connectivity index (χ3n) is 4.21. The topological polar surface area (TPSA) is 171 Å². The average molecular weight is 368 g/mol. The third kappa shape index (κ3) is 4.18. The van der Waals surface area contributed by atoms with Crippen molar-refractivity contribution >= 4 is 23.1 Å². The highest BCUT2D eigenvalue weighted by Crippen LogP contribution is 2.14. The molecule has 144 valence electrons. The van der Waals surface area contributed by atoms with E-state index in [1.54, 1.807) is 13.8 Å². The molecule has 0 spiro atoms. The number of anilines is 1.